The highest BCUT2D eigenvalue weighted by Gasteiger charge is 2.22. The number of rotatable bonds is 1. The van der Waals surface area contributed by atoms with E-state index in [1.807, 2.05) is 0 Å². The van der Waals surface area contributed by atoms with Crippen LogP contribution in [0.1, 0.15) is 19.8 Å². The number of aliphatic carboxylic acids is 1. The van der Waals surface area contributed by atoms with Crippen molar-refractivity contribution in [1.82, 2.24) is 5.32 Å². The SMILES string of the molecule is C[C@H]1CC[C@H](C(=O)O)NC1. The summed E-state index contributed by atoms with van der Waals surface area (Å²) in [5.74, 6) is -0.0810. The van der Waals surface area contributed by atoms with Crippen molar-refractivity contribution in [2.75, 3.05) is 6.54 Å². The second kappa shape index (κ2) is 3.01. The second-order valence-corrected chi connectivity index (χ2v) is 2.98. The number of carboxylic acids is 1. The molecule has 3 nitrogen and oxygen atoms in total. The average molecular weight is 143 g/mol. The molecule has 1 rings (SSSR count). The molecule has 0 amide bonds. The Labute approximate surface area is 60.4 Å². The van der Waals surface area contributed by atoms with Gasteiger partial charge in [0.1, 0.15) is 6.04 Å². The summed E-state index contributed by atoms with van der Waals surface area (Å²) in [6, 6.07) is -0.295. The molecule has 10 heavy (non-hydrogen) atoms. The fourth-order valence-electron chi connectivity index (χ4n) is 1.21. The summed E-state index contributed by atoms with van der Waals surface area (Å²) >= 11 is 0. The normalized spacial score (nSPS) is 33.7. The van der Waals surface area contributed by atoms with Gasteiger partial charge in [-0.2, -0.15) is 0 Å². The molecule has 2 atom stereocenters. The van der Waals surface area contributed by atoms with E-state index in [1.54, 1.807) is 0 Å². The van der Waals surface area contributed by atoms with Crippen molar-refractivity contribution in [2.45, 2.75) is 25.8 Å². The molecular formula is C7H13NO2. The van der Waals surface area contributed by atoms with Crippen molar-refractivity contribution >= 4 is 5.97 Å². The van der Waals surface area contributed by atoms with Crippen LogP contribution in [-0.2, 0) is 4.79 Å². The van der Waals surface area contributed by atoms with Gasteiger partial charge < -0.3 is 10.4 Å². The summed E-state index contributed by atoms with van der Waals surface area (Å²) in [7, 11) is 0. The molecule has 0 bridgehead atoms. The van der Waals surface area contributed by atoms with E-state index in [1.165, 1.54) is 0 Å². The lowest BCUT2D eigenvalue weighted by atomic mass is 9.97. The Bertz CT molecular complexity index is 128. The molecule has 1 aliphatic rings. The fourth-order valence-corrected chi connectivity index (χ4v) is 1.21. The minimum atomic E-state index is -0.716. The maximum absolute atomic E-state index is 10.4. The van der Waals surface area contributed by atoms with Crippen molar-refractivity contribution in [2.24, 2.45) is 5.92 Å². The highest BCUT2D eigenvalue weighted by Crippen LogP contribution is 2.12. The highest BCUT2D eigenvalue weighted by atomic mass is 16.4. The monoisotopic (exact) mass is 143 g/mol. The third-order valence-electron chi connectivity index (χ3n) is 1.96. The third kappa shape index (κ3) is 1.70. The smallest absolute Gasteiger partial charge is 0.320 e. The molecule has 0 radical (unpaired) electrons. The first-order chi connectivity index (χ1) is 4.70. The van der Waals surface area contributed by atoms with E-state index in [0.717, 1.165) is 19.4 Å². The van der Waals surface area contributed by atoms with Crippen LogP contribution in [0.5, 0.6) is 0 Å². The van der Waals surface area contributed by atoms with Gasteiger partial charge >= 0.3 is 5.97 Å². The van der Waals surface area contributed by atoms with Crippen LogP contribution in [0.25, 0.3) is 0 Å². The van der Waals surface area contributed by atoms with Gasteiger partial charge in [-0.15, -0.1) is 0 Å². The van der Waals surface area contributed by atoms with Gasteiger partial charge in [0, 0.05) is 0 Å². The van der Waals surface area contributed by atoms with Gasteiger partial charge in [-0.1, -0.05) is 6.92 Å². The van der Waals surface area contributed by atoms with Crippen LogP contribution in [0.4, 0.5) is 0 Å². The fraction of sp³-hybridized carbons (Fsp3) is 0.857. The summed E-state index contributed by atoms with van der Waals surface area (Å²) in [6.07, 6.45) is 1.81. The first-order valence-electron chi connectivity index (χ1n) is 3.66. The van der Waals surface area contributed by atoms with E-state index in [4.69, 9.17) is 5.11 Å². The van der Waals surface area contributed by atoms with Crippen LogP contribution in [-0.4, -0.2) is 23.7 Å². The molecule has 0 saturated carbocycles. The van der Waals surface area contributed by atoms with E-state index in [9.17, 15) is 4.79 Å². The van der Waals surface area contributed by atoms with Gasteiger partial charge in [0.25, 0.3) is 0 Å². The molecular weight excluding hydrogens is 130 g/mol. The molecule has 2 N–H and O–H groups in total. The number of hydrogen-bond acceptors (Lipinski definition) is 2. The first-order valence-corrected chi connectivity index (χ1v) is 3.66. The average Bonchev–Trinajstić information content (AvgIpc) is 1.88. The summed E-state index contributed by atoms with van der Waals surface area (Å²) in [4.78, 5) is 10.4. The van der Waals surface area contributed by atoms with Crippen molar-refractivity contribution in [1.29, 1.82) is 0 Å². The Hall–Kier alpha value is -0.570. The summed E-state index contributed by atoms with van der Waals surface area (Å²) in [5.41, 5.74) is 0. The maximum atomic E-state index is 10.4. The Morgan fingerprint density at radius 3 is 2.70 bits per heavy atom. The van der Waals surface area contributed by atoms with E-state index >= 15 is 0 Å². The molecule has 0 aromatic rings. The van der Waals surface area contributed by atoms with Gasteiger partial charge in [0.05, 0.1) is 0 Å². The minimum absolute atomic E-state index is 0.295. The van der Waals surface area contributed by atoms with Gasteiger partial charge in [0.2, 0.25) is 0 Å². The standard InChI is InChI=1S/C7H13NO2/c1-5-2-3-6(7(9)10)8-4-5/h5-6,8H,2-4H2,1H3,(H,9,10)/t5-,6+/m0/s1. The second-order valence-electron chi connectivity index (χ2n) is 2.98. The molecule has 1 aliphatic heterocycles. The summed E-state index contributed by atoms with van der Waals surface area (Å²) in [6.45, 7) is 2.97. The Morgan fingerprint density at radius 1 is 1.60 bits per heavy atom. The third-order valence-corrected chi connectivity index (χ3v) is 1.96. The quantitative estimate of drug-likeness (QED) is 0.560. The Kier molecular flexibility index (Phi) is 2.27. The predicted octanol–water partition coefficient (Wildman–Crippen LogP) is 0.459. The molecule has 3 heteroatoms. The molecule has 0 aromatic heterocycles. The van der Waals surface area contributed by atoms with Crippen molar-refractivity contribution in [3.63, 3.8) is 0 Å². The van der Waals surface area contributed by atoms with Crippen LogP contribution < -0.4 is 5.32 Å². The summed E-state index contributed by atoms with van der Waals surface area (Å²) in [5, 5.41) is 11.5. The zero-order valence-corrected chi connectivity index (χ0v) is 6.13. The number of carbonyl (C=O) groups is 1. The minimum Gasteiger partial charge on any atom is -0.480 e. The molecule has 0 aliphatic carbocycles. The number of nitrogens with one attached hydrogen (secondary N) is 1. The molecule has 0 aromatic carbocycles. The Morgan fingerprint density at radius 2 is 2.30 bits per heavy atom. The largest absolute Gasteiger partial charge is 0.480 e. The number of carboxylic acid groups (broad SMARTS) is 1. The van der Waals surface area contributed by atoms with E-state index in [-0.39, 0.29) is 6.04 Å². The van der Waals surface area contributed by atoms with Crippen molar-refractivity contribution in [3.8, 4) is 0 Å². The van der Waals surface area contributed by atoms with Crippen LogP contribution in [0.15, 0.2) is 0 Å². The molecule has 0 unspecified atom stereocenters. The van der Waals surface area contributed by atoms with E-state index < -0.39 is 5.97 Å². The van der Waals surface area contributed by atoms with Crippen molar-refractivity contribution < 1.29 is 9.90 Å². The zero-order valence-electron chi connectivity index (χ0n) is 6.13. The van der Waals surface area contributed by atoms with Gasteiger partial charge in [-0.05, 0) is 25.3 Å². The zero-order chi connectivity index (χ0) is 7.56. The predicted molar refractivity (Wildman–Crippen MR) is 37.8 cm³/mol. The van der Waals surface area contributed by atoms with Crippen LogP contribution >= 0.6 is 0 Å². The molecule has 1 heterocycles. The molecule has 58 valence electrons. The number of piperidine rings is 1. The van der Waals surface area contributed by atoms with E-state index in [0.29, 0.717) is 5.92 Å². The van der Waals surface area contributed by atoms with Crippen LogP contribution in [0, 0.1) is 5.92 Å². The van der Waals surface area contributed by atoms with Crippen molar-refractivity contribution in [3.05, 3.63) is 0 Å². The highest BCUT2D eigenvalue weighted by molar-refractivity contribution is 5.73. The Balaban J connectivity index is 2.33. The lowest BCUT2D eigenvalue weighted by molar-refractivity contribution is -0.140. The summed E-state index contributed by atoms with van der Waals surface area (Å²) < 4.78 is 0. The topological polar surface area (TPSA) is 49.3 Å². The van der Waals surface area contributed by atoms with Crippen LogP contribution in [0.2, 0.25) is 0 Å². The maximum Gasteiger partial charge on any atom is 0.320 e. The lowest BCUT2D eigenvalue weighted by Crippen LogP contribution is -2.43. The molecule has 1 saturated heterocycles. The lowest BCUT2D eigenvalue weighted by Gasteiger charge is -2.24. The molecule has 1 fully saturated rings. The molecule has 0 spiro atoms. The van der Waals surface area contributed by atoms with Gasteiger partial charge in [0.15, 0.2) is 0 Å². The van der Waals surface area contributed by atoms with Crippen LogP contribution in [0.3, 0.4) is 0 Å². The van der Waals surface area contributed by atoms with Gasteiger partial charge in [-0.25, -0.2) is 0 Å². The van der Waals surface area contributed by atoms with Gasteiger partial charge in [-0.3, -0.25) is 4.79 Å². The number of hydrogen-bond donors (Lipinski definition) is 2. The van der Waals surface area contributed by atoms with E-state index in [2.05, 4.69) is 12.2 Å². The first kappa shape index (κ1) is 7.54.